The second-order valence-electron chi connectivity index (χ2n) is 10.4. The number of pyridine rings is 1. The summed E-state index contributed by atoms with van der Waals surface area (Å²) in [7, 11) is -3.88. The standard InChI is InChI=1S/C32H30F3N5O4S/c1-21(23-6-10-26(11-7-23)32(33,34)35)31-38-30(39-44-31)24-8-14-28(15-9-24)45(42,43)40-27-12-4-22(5-13-27)16-18-37-20-29(41)25-3-2-17-36-19-25/h2-15,17,19,21,29,37,40-41H,16,18,20H2,1H3. The molecule has 5 aromatic rings. The summed E-state index contributed by atoms with van der Waals surface area (Å²) >= 11 is 0. The van der Waals surface area contributed by atoms with Crippen LogP contribution in [-0.4, -0.2) is 41.7 Å². The fourth-order valence-electron chi connectivity index (χ4n) is 4.53. The zero-order valence-corrected chi connectivity index (χ0v) is 24.9. The number of aliphatic hydroxyl groups excluding tert-OH is 1. The van der Waals surface area contributed by atoms with Gasteiger partial charge in [-0.05, 0) is 85.6 Å². The maximum atomic E-state index is 13.0. The molecule has 234 valence electrons. The van der Waals surface area contributed by atoms with Crippen molar-refractivity contribution in [3.05, 3.63) is 125 Å². The molecule has 0 saturated carbocycles. The second kappa shape index (κ2) is 13.6. The largest absolute Gasteiger partial charge is 0.416 e. The van der Waals surface area contributed by atoms with Crippen LogP contribution >= 0.6 is 0 Å². The highest BCUT2D eigenvalue weighted by Crippen LogP contribution is 2.32. The normalized spacial score (nSPS) is 13.4. The average Bonchev–Trinajstić information content (AvgIpc) is 3.54. The highest BCUT2D eigenvalue weighted by molar-refractivity contribution is 7.92. The van der Waals surface area contributed by atoms with Crippen molar-refractivity contribution in [2.45, 2.75) is 36.4 Å². The molecule has 2 unspecified atom stereocenters. The first-order valence-electron chi connectivity index (χ1n) is 14.0. The summed E-state index contributed by atoms with van der Waals surface area (Å²) in [5.41, 5.74) is 2.48. The zero-order chi connectivity index (χ0) is 32.0. The van der Waals surface area contributed by atoms with Gasteiger partial charge in [-0.15, -0.1) is 0 Å². The molecule has 0 amide bonds. The molecule has 0 aliphatic rings. The molecule has 0 aliphatic heterocycles. The molecule has 3 N–H and O–H groups in total. The molecule has 2 heterocycles. The minimum absolute atomic E-state index is 0.0357. The summed E-state index contributed by atoms with van der Waals surface area (Å²) < 4.78 is 72.5. The molecule has 0 bridgehead atoms. The van der Waals surface area contributed by atoms with Crippen LogP contribution in [0.1, 0.15) is 47.1 Å². The predicted octanol–water partition coefficient (Wildman–Crippen LogP) is 5.97. The summed E-state index contributed by atoms with van der Waals surface area (Å²) in [6, 6.07) is 21.3. The van der Waals surface area contributed by atoms with Crippen LogP contribution < -0.4 is 10.0 Å². The molecular weight excluding hydrogens is 607 g/mol. The van der Waals surface area contributed by atoms with Crippen molar-refractivity contribution in [2.75, 3.05) is 17.8 Å². The van der Waals surface area contributed by atoms with E-state index < -0.39 is 33.8 Å². The quantitative estimate of drug-likeness (QED) is 0.143. The Balaban J connectivity index is 1.14. The van der Waals surface area contributed by atoms with E-state index in [1.807, 2.05) is 18.2 Å². The third-order valence-corrected chi connectivity index (χ3v) is 8.57. The lowest BCUT2D eigenvalue weighted by molar-refractivity contribution is -0.137. The third kappa shape index (κ3) is 8.12. The number of benzene rings is 3. The second-order valence-corrected chi connectivity index (χ2v) is 12.1. The van der Waals surface area contributed by atoms with Gasteiger partial charge in [-0.1, -0.05) is 35.5 Å². The van der Waals surface area contributed by atoms with Crippen molar-refractivity contribution in [3.63, 3.8) is 0 Å². The van der Waals surface area contributed by atoms with Gasteiger partial charge in [-0.3, -0.25) is 9.71 Å². The van der Waals surface area contributed by atoms with E-state index in [1.54, 1.807) is 49.6 Å². The molecule has 0 fully saturated rings. The van der Waals surface area contributed by atoms with Gasteiger partial charge >= 0.3 is 6.18 Å². The number of hydrogen-bond acceptors (Lipinski definition) is 8. The van der Waals surface area contributed by atoms with Crippen LogP contribution in [0.25, 0.3) is 11.4 Å². The van der Waals surface area contributed by atoms with Crippen molar-refractivity contribution in [2.24, 2.45) is 0 Å². The van der Waals surface area contributed by atoms with Gasteiger partial charge in [0, 0.05) is 35.8 Å². The molecule has 5 rings (SSSR count). The van der Waals surface area contributed by atoms with Crippen molar-refractivity contribution >= 4 is 15.7 Å². The number of halogens is 3. The Morgan fingerprint density at radius 2 is 1.64 bits per heavy atom. The highest BCUT2D eigenvalue weighted by atomic mass is 32.2. The first-order chi connectivity index (χ1) is 21.5. The molecular formula is C32H30F3N5O4S. The molecule has 0 radical (unpaired) electrons. The van der Waals surface area contributed by atoms with E-state index in [9.17, 15) is 26.7 Å². The fraction of sp³-hybridized carbons (Fsp3) is 0.219. The van der Waals surface area contributed by atoms with Crippen LogP contribution in [0, 0.1) is 0 Å². The highest BCUT2D eigenvalue weighted by Gasteiger charge is 2.30. The maximum absolute atomic E-state index is 13.0. The van der Waals surface area contributed by atoms with Crippen LogP contribution in [0.4, 0.5) is 18.9 Å². The Hall–Kier alpha value is -4.59. The molecule has 3 aromatic carbocycles. The zero-order valence-electron chi connectivity index (χ0n) is 24.1. The number of anilines is 1. The lowest BCUT2D eigenvalue weighted by Crippen LogP contribution is -2.23. The summed E-state index contributed by atoms with van der Waals surface area (Å²) in [6.45, 7) is 2.75. The topological polar surface area (TPSA) is 130 Å². The van der Waals surface area contributed by atoms with Gasteiger partial charge in [-0.2, -0.15) is 18.2 Å². The Labute approximate surface area is 258 Å². The van der Waals surface area contributed by atoms with Crippen molar-refractivity contribution in [3.8, 4) is 11.4 Å². The van der Waals surface area contributed by atoms with Crippen LogP contribution in [0.15, 0.2) is 107 Å². The van der Waals surface area contributed by atoms with Crippen LogP contribution in [0.5, 0.6) is 0 Å². The minimum Gasteiger partial charge on any atom is -0.387 e. The molecule has 13 heteroatoms. The SMILES string of the molecule is CC(c1ccc(C(F)(F)F)cc1)c1nc(-c2ccc(S(=O)(=O)Nc3ccc(CCNCC(O)c4cccnc4)cc3)cc2)no1. The van der Waals surface area contributed by atoms with E-state index in [0.29, 0.717) is 36.3 Å². The van der Waals surface area contributed by atoms with Gasteiger partial charge in [0.25, 0.3) is 10.0 Å². The lowest BCUT2D eigenvalue weighted by Gasteiger charge is -2.12. The van der Waals surface area contributed by atoms with Crippen LogP contribution in [0.2, 0.25) is 0 Å². The number of aliphatic hydroxyl groups is 1. The van der Waals surface area contributed by atoms with Crippen molar-refractivity contribution in [1.29, 1.82) is 0 Å². The molecule has 45 heavy (non-hydrogen) atoms. The number of nitrogens with zero attached hydrogens (tertiary/aromatic N) is 3. The predicted molar refractivity (Wildman–Crippen MR) is 162 cm³/mol. The molecule has 0 spiro atoms. The summed E-state index contributed by atoms with van der Waals surface area (Å²) in [4.78, 5) is 8.40. The Bertz CT molecular complexity index is 1800. The number of sulfonamides is 1. The average molecular weight is 638 g/mol. The summed E-state index contributed by atoms with van der Waals surface area (Å²) in [6.07, 6.45) is -1.11. The van der Waals surface area contributed by atoms with E-state index in [0.717, 1.165) is 23.3 Å². The molecule has 2 atom stereocenters. The number of rotatable bonds is 12. The smallest absolute Gasteiger partial charge is 0.387 e. The first kappa shape index (κ1) is 31.8. The van der Waals surface area contributed by atoms with E-state index in [-0.39, 0.29) is 16.6 Å². The van der Waals surface area contributed by atoms with Gasteiger partial charge in [0.1, 0.15) is 0 Å². The maximum Gasteiger partial charge on any atom is 0.416 e. The van der Waals surface area contributed by atoms with Gasteiger partial charge in [0.2, 0.25) is 11.7 Å². The Morgan fingerprint density at radius 3 is 2.29 bits per heavy atom. The number of alkyl halides is 3. The van der Waals surface area contributed by atoms with E-state index >= 15 is 0 Å². The molecule has 9 nitrogen and oxygen atoms in total. The first-order valence-corrected chi connectivity index (χ1v) is 15.5. The summed E-state index contributed by atoms with van der Waals surface area (Å²) in [5.74, 6) is -0.0210. The Morgan fingerprint density at radius 1 is 0.933 bits per heavy atom. The van der Waals surface area contributed by atoms with Gasteiger partial charge in [0.15, 0.2) is 0 Å². The minimum atomic E-state index is -4.43. The molecule has 2 aromatic heterocycles. The van der Waals surface area contributed by atoms with Crippen LogP contribution in [0.3, 0.4) is 0 Å². The summed E-state index contributed by atoms with van der Waals surface area (Å²) in [5, 5.41) is 17.4. The van der Waals surface area contributed by atoms with E-state index in [1.165, 1.54) is 24.3 Å². The Kier molecular flexibility index (Phi) is 9.61. The van der Waals surface area contributed by atoms with Crippen LogP contribution in [-0.2, 0) is 22.6 Å². The van der Waals surface area contributed by atoms with Gasteiger partial charge in [-0.25, -0.2) is 8.42 Å². The lowest BCUT2D eigenvalue weighted by atomic mass is 9.99. The fourth-order valence-corrected chi connectivity index (χ4v) is 5.59. The van der Waals surface area contributed by atoms with E-state index in [2.05, 4.69) is 25.2 Å². The number of aromatic nitrogens is 3. The van der Waals surface area contributed by atoms with E-state index in [4.69, 9.17) is 4.52 Å². The number of hydrogen-bond donors (Lipinski definition) is 3. The van der Waals surface area contributed by atoms with Gasteiger partial charge in [0.05, 0.1) is 22.5 Å². The van der Waals surface area contributed by atoms with Crippen molar-refractivity contribution in [1.82, 2.24) is 20.4 Å². The molecule has 0 saturated heterocycles. The third-order valence-electron chi connectivity index (χ3n) is 7.18. The molecule has 0 aliphatic carbocycles. The van der Waals surface area contributed by atoms with Gasteiger partial charge < -0.3 is 14.9 Å². The van der Waals surface area contributed by atoms with Crippen molar-refractivity contribution < 1.29 is 31.2 Å². The number of nitrogens with one attached hydrogen (secondary N) is 2. The monoisotopic (exact) mass is 637 g/mol.